The van der Waals surface area contributed by atoms with Crippen molar-refractivity contribution in [3.8, 4) is 0 Å². The van der Waals surface area contributed by atoms with Crippen LogP contribution < -0.4 is 0 Å². The van der Waals surface area contributed by atoms with E-state index in [-0.39, 0.29) is 17.5 Å². The maximum atomic E-state index is 11.9. The summed E-state index contributed by atoms with van der Waals surface area (Å²) >= 11 is 0. The van der Waals surface area contributed by atoms with Crippen LogP contribution in [0.25, 0.3) is 5.57 Å². The Morgan fingerprint density at radius 3 is 2.35 bits per heavy atom. The lowest BCUT2D eigenvalue weighted by molar-refractivity contribution is -0.228. The molecular formula is C33H48N2O2. The van der Waals surface area contributed by atoms with E-state index >= 15 is 0 Å². The molecule has 37 heavy (non-hydrogen) atoms. The second-order valence-corrected chi connectivity index (χ2v) is 15.0. The number of ether oxygens (including phenoxy) is 1. The summed E-state index contributed by atoms with van der Waals surface area (Å²) < 4.78 is 5.92. The fourth-order valence-electron chi connectivity index (χ4n) is 11.3. The van der Waals surface area contributed by atoms with Crippen LogP contribution in [0.15, 0.2) is 18.0 Å². The van der Waals surface area contributed by atoms with E-state index in [2.05, 4.69) is 48.5 Å². The number of nitrogens with zero attached hydrogens (tertiary/aromatic N) is 2. The molecule has 0 radical (unpaired) electrons. The highest BCUT2D eigenvalue weighted by molar-refractivity contribution is 5.76. The Hall–Kier alpha value is -1.71. The number of carbonyl (C=O) groups is 1. The fourth-order valence-corrected chi connectivity index (χ4v) is 11.3. The van der Waals surface area contributed by atoms with E-state index in [0.29, 0.717) is 39.9 Å². The van der Waals surface area contributed by atoms with Gasteiger partial charge in [-0.2, -0.15) is 0 Å². The van der Waals surface area contributed by atoms with Gasteiger partial charge in [-0.15, -0.1) is 0 Å². The summed E-state index contributed by atoms with van der Waals surface area (Å²) in [6.07, 6.45) is 13.6. The van der Waals surface area contributed by atoms with E-state index < -0.39 is 0 Å². The maximum Gasteiger partial charge on any atom is 0.302 e. The molecule has 0 aliphatic heterocycles. The molecule has 0 unspecified atom stereocenters. The maximum absolute atomic E-state index is 11.9. The molecule has 0 N–H and O–H groups in total. The monoisotopic (exact) mass is 504 g/mol. The Balaban J connectivity index is 1.38. The lowest BCUT2D eigenvalue weighted by Gasteiger charge is -2.71. The summed E-state index contributed by atoms with van der Waals surface area (Å²) in [5, 5.41) is 0. The predicted molar refractivity (Wildman–Crippen MR) is 148 cm³/mol. The molecule has 202 valence electrons. The molecule has 5 aliphatic rings. The zero-order valence-electron chi connectivity index (χ0n) is 24.5. The molecule has 4 heteroatoms. The third-order valence-electron chi connectivity index (χ3n) is 13.0. The van der Waals surface area contributed by atoms with E-state index in [0.717, 1.165) is 18.8 Å². The molecule has 5 aliphatic carbocycles. The minimum atomic E-state index is -0.122. The van der Waals surface area contributed by atoms with Crippen molar-refractivity contribution in [1.82, 2.24) is 9.97 Å². The SMILES string of the molecule is CC(=O)O[C@H]1CC[C@]2(C)[C@H]3CC[C@@H]4C5=C(CC[C@@]4(C)[C@]3(C)CC[C@H]2C1(C)C)c1nccnc1[C@H]5C(C)C. The number of hydrogen-bond acceptors (Lipinski definition) is 4. The van der Waals surface area contributed by atoms with Crippen molar-refractivity contribution >= 4 is 11.5 Å². The van der Waals surface area contributed by atoms with E-state index in [4.69, 9.17) is 14.7 Å². The molecule has 4 nitrogen and oxygen atoms in total. The number of fused-ring (bicyclic) bond motifs is 8. The first kappa shape index (κ1) is 25.6. The first-order valence-corrected chi connectivity index (χ1v) is 15.1. The van der Waals surface area contributed by atoms with Crippen LogP contribution in [0.1, 0.15) is 124 Å². The van der Waals surface area contributed by atoms with Gasteiger partial charge in [-0.05, 0) is 96.9 Å². The highest BCUT2D eigenvalue weighted by atomic mass is 16.5. The minimum absolute atomic E-state index is 0.0210. The molecule has 3 fully saturated rings. The van der Waals surface area contributed by atoms with Gasteiger partial charge >= 0.3 is 5.97 Å². The Bertz CT molecular complexity index is 1150. The van der Waals surface area contributed by atoms with Gasteiger partial charge in [0.2, 0.25) is 0 Å². The summed E-state index contributed by atoms with van der Waals surface area (Å²) in [6.45, 7) is 19.1. The molecule has 1 heterocycles. The molecule has 1 aromatic heterocycles. The largest absolute Gasteiger partial charge is 0.462 e. The number of hydrogen-bond donors (Lipinski definition) is 0. The second-order valence-electron chi connectivity index (χ2n) is 15.0. The Labute approximate surface area is 224 Å². The molecule has 8 atom stereocenters. The number of aromatic nitrogens is 2. The summed E-state index contributed by atoms with van der Waals surface area (Å²) in [5.74, 6) is 2.80. The zero-order valence-corrected chi connectivity index (χ0v) is 24.5. The van der Waals surface area contributed by atoms with Crippen molar-refractivity contribution in [3.63, 3.8) is 0 Å². The number of rotatable bonds is 2. The fraction of sp³-hybridized carbons (Fsp3) is 0.788. The molecule has 6 rings (SSSR count). The van der Waals surface area contributed by atoms with Crippen LogP contribution >= 0.6 is 0 Å². The van der Waals surface area contributed by atoms with Crippen molar-refractivity contribution in [2.45, 2.75) is 119 Å². The van der Waals surface area contributed by atoms with Gasteiger partial charge in [0.25, 0.3) is 0 Å². The average molecular weight is 505 g/mol. The summed E-state index contributed by atoms with van der Waals surface area (Å²) in [6, 6.07) is 0. The van der Waals surface area contributed by atoms with Gasteiger partial charge in [-0.1, -0.05) is 54.0 Å². The third-order valence-corrected chi connectivity index (χ3v) is 13.0. The molecule has 0 aromatic carbocycles. The van der Waals surface area contributed by atoms with E-state index in [9.17, 15) is 4.79 Å². The lowest BCUT2D eigenvalue weighted by atomic mass is 9.34. The highest BCUT2D eigenvalue weighted by Crippen LogP contribution is 2.76. The smallest absolute Gasteiger partial charge is 0.302 e. The van der Waals surface area contributed by atoms with Crippen LogP contribution in [0.2, 0.25) is 0 Å². The first-order chi connectivity index (χ1) is 17.4. The van der Waals surface area contributed by atoms with Crippen molar-refractivity contribution in [1.29, 1.82) is 0 Å². The standard InChI is InChI=1S/C33H48N2O2/c1-19(2)26-27-21(28-29(26)35-18-17-34-28)11-15-32(7)22(27)9-10-24-31(6)14-13-25(37-20(3)36)30(4,5)23(31)12-16-33(24,32)8/h17-19,22-26H,9-16H2,1-8H3/t22-,23+,24-,25+,26+,31+,32-,33-/m1/s1. The molecule has 0 bridgehead atoms. The number of carbonyl (C=O) groups excluding carboxylic acids is 1. The number of esters is 1. The topological polar surface area (TPSA) is 52.1 Å². The van der Waals surface area contributed by atoms with Crippen LogP contribution in [0.5, 0.6) is 0 Å². The predicted octanol–water partition coefficient (Wildman–Crippen LogP) is 7.98. The summed E-state index contributed by atoms with van der Waals surface area (Å²) in [5.41, 5.74) is 6.68. The quantitative estimate of drug-likeness (QED) is 0.383. The van der Waals surface area contributed by atoms with Crippen LogP contribution in [0.4, 0.5) is 0 Å². The van der Waals surface area contributed by atoms with Crippen molar-refractivity contribution in [2.75, 3.05) is 0 Å². The van der Waals surface area contributed by atoms with Crippen molar-refractivity contribution in [3.05, 3.63) is 29.4 Å². The van der Waals surface area contributed by atoms with Crippen LogP contribution in [-0.4, -0.2) is 22.0 Å². The molecule has 0 spiro atoms. The van der Waals surface area contributed by atoms with Gasteiger partial charge in [0.15, 0.2) is 0 Å². The van der Waals surface area contributed by atoms with Gasteiger partial charge in [-0.3, -0.25) is 14.8 Å². The Kier molecular flexibility index (Phi) is 5.63. The van der Waals surface area contributed by atoms with E-state index in [1.165, 1.54) is 49.9 Å². The van der Waals surface area contributed by atoms with Crippen LogP contribution in [0, 0.1) is 45.3 Å². The van der Waals surface area contributed by atoms with Gasteiger partial charge < -0.3 is 4.74 Å². The van der Waals surface area contributed by atoms with Crippen LogP contribution in [-0.2, 0) is 9.53 Å². The molecular weight excluding hydrogens is 456 g/mol. The Morgan fingerprint density at radius 1 is 0.919 bits per heavy atom. The second kappa shape index (κ2) is 8.15. The summed E-state index contributed by atoms with van der Waals surface area (Å²) in [7, 11) is 0. The van der Waals surface area contributed by atoms with Gasteiger partial charge in [0, 0.05) is 30.7 Å². The lowest BCUT2D eigenvalue weighted by Crippen LogP contribution is -2.65. The van der Waals surface area contributed by atoms with Crippen LogP contribution in [0.3, 0.4) is 0 Å². The normalized spacial score (nSPS) is 43.9. The van der Waals surface area contributed by atoms with Gasteiger partial charge in [0.05, 0.1) is 11.4 Å². The molecule has 3 saturated carbocycles. The minimum Gasteiger partial charge on any atom is -0.462 e. The van der Waals surface area contributed by atoms with Gasteiger partial charge in [-0.25, -0.2) is 0 Å². The molecule has 1 aromatic rings. The summed E-state index contributed by atoms with van der Waals surface area (Å²) in [4.78, 5) is 21.7. The third kappa shape index (κ3) is 3.22. The van der Waals surface area contributed by atoms with E-state index in [1.807, 2.05) is 12.4 Å². The highest BCUT2D eigenvalue weighted by Gasteiger charge is 2.68. The molecule has 0 amide bonds. The van der Waals surface area contributed by atoms with Gasteiger partial charge in [0.1, 0.15) is 6.10 Å². The first-order valence-electron chi connectivity index (χ1n) is 15.1. The zero-order chi connectivity index (χ0) is 26.5. The van der Waals surface area contributed by atoms with Crippen molar-refractivity contribution < 1.29 is 9.53 Å². The average Bonchev–Trinajstić information content (AvgIpc) is 3.16. The van der Waals surface area contributed by atoms with E-state index in [1.54, 1.807) is 18.1 Å². The molecule has 0 saturated heterocycles. The number of allylic oxidation sites excluding steroid dienone is 2. The Morgan fingerprint density at radius 2 is 1.65 bits per heavy atom. The van der Waals surface area contributed by atoms with Crippen molar-refractivity contribution in [2.24, 2.45) is 45.3 Å².